The van der Waals surface area contributed by atoms with Gasteiger partial charge in [0.2, 0.25) is 0 Å². The number of nitrogens with two attached hydrogens (primary N) is 1. The SMILES string of the molecule is Cc1cc(C2(N)CCCC(C(C)(C)C)CC2)cs1. The highest BCUT2D eigenvalue weighted by atomic mass is 32.1. The van der Waals surface area contributed by atoms with Gasteiger partial charge < -0.3 is 5.73 Å². The molecule has 0 radical (unpaired) electrons. The molecule has 1 heterocycles. The zero-order valence-electron chi connectivity index (χ0n) is 12.3. The summed E-state index contributed by atoms with van der Waals surface area (Å²) in [4.78, 5) is 1.38. The van der Waals surface area contributed by atoms with Crippen molar-refractivity contribution >= 4 is 11.3 Å². The van der Waals surface area contributed by atoms with Gasteiger partial charge in [0, 0.05) is 10.4 Å². The summed E-state index contributed by atoms with van der Waals surface area (Å²) in [6, 6.07) is 2.29. The monoisotopic (exact) mass is 265 g/mol. The van der Waals surface area contributed by atoms with Crippen molar-refractivity contribution in [3.8, 4) is 0 Å². The molecule has 0 bridgehead atoms. The molecule has 1 aromatic heterocycles. The lowest BCUT2D eigenvalue weighted by Gasteiger charge is -2.31. The molecular formula is C16H27NS. The molecule has 2 heteroatoms. The zero-order chi connectivity index (χ0) is 13.4. The van der Waals surface area contributed by atoms with Gasteiger partial charge >= 0.3 is 0 Å². The molecule has 1 fully saturated rings. The first-order chi connectivity index (χ1) is 8.31. The number of thiophene rings is 1. The van der Waals surface area contributed by atoms with Crippen LogP contribution in [0.15, 0.2) is 11.4 Å². The second-order valence-corrected chi connectivity index (χ2v) is 8.21. The van der Waals surface area contributed by atoms with E-state index in [9.17, 15) is 0 Å². The first-order valence-electron chi connectivity index (χ1n) is 7.16. The van der Waals surface area contributed by atoms with E-state index in [2.05, 4.69) is 39.1 Å². The Kier molecular flexibility index (Phi) is 3.89. The van der Waals surface area contributed by atoms with E-state index in [0.29, 0.717) is 5.41 Å². The lowest BCUT2D eigenvalue weighted by molar-refractivity contribution is 0.211. The topological polar surface area (TPSA) is 26.0 Å². The van der Waals surface area contributed by atoms with Crippen LogP contribution in [0.3, 0.4) is 0 Å². The van der Waals surface area contributed by atoms with Crippen LogP contribution in [-0.2, 0) is 5.54 Å². The Hall–Kier alpha value is -0.340. The summed E-state index contributed by atoms with van der Waals surface area (Å²) in [6.07, 6.45) is 6.18. The van der Waals surface area contributed by atoms with Crippen molar-refractivity contribution in [3.63, 3.8) is 0 Å². The molecule has 0 aromatic carbocycles. The maximum Gasteiger partial charge on any atom is 0.0418 e. The Morgan fingerprint density at radius 2 is 2.00 bits per heavy atom. The molecule has 0 spiro atoms. The zero-order valence-corrected chi connectivity index (χ0v) is 13.1. The van der Waals surface area contributed by atoms with Crippen LogP contribution in [0.4, 0.5) is 0 Å². The predicted octanol–water partition coefficient (Wildman–Crippen LogP) is 4.84. The van der Waals surface area contributed by atoms with E-state index in [0.717, 1.165) is 18.8 Å². The van der Waals surface area contributed by atoms with Gasteiger partial charge in [-0.3, -0.25) is 0 Å². The van der Waals surface area contributed by atoms with Crippen molar-refractivity contribution in [2.24, 2.45) is 17.1 Å². The molecule has 2 N–H and O–H groups in total. The quantitative estimate of drug-likeness (QED) is 0.723. The highest BCUT2D eigenvalue weighted by Gasteiger charge is 2.35. The Labute approximate surface area is 116 Å². The van der Waals surface area contributed by atoms with E-state index in [1.54, 1.807) is 0 Å². The summed E-state index contributed by atoms with van der Waals surface area (Å²) in [5.41, 5.74) is 8.44. The molecule has 2 atom stereocenters. The Morgan fingerprint density at radius 3 is 2.56 bits per heavy atom. The third-order valence-electron chi connectivity index (χ3n) is 4.64. The van der Waals surface area contributed by atoms with Gasteiger partial charge in [0.05, 0.1) is 0 Å². The van der Waals surface area contributed by atoms with E-state index in [1.165, 1.54) is 29.7 Å². The standard InChI is InChI=1S/C16H27NS/c1-12-10-14(11-18-12)16(17)8-5-6-13(7-9-16)15(2,3)4/h10-11,13H,5-9,17H2,1-4H3. The second-order valence-electron chi connectivity index (χ2n) is 7.10. The molecule has 1 aliphatic carbocycles. The van der Waals surface area contributed by atoms with Gasteiger partial charge in [-0.1, -0.05) is 27.2 Å². The molecule has 18 heavy (non-hydrogen) atoms. The van der Waals surface area contributed by atoms with E-state index < -0.39 is 0 Å². The summed E-state index contributed by atoms with van der Waals surface area (Å²) >= 11 is 1.83. The van der Waals surface area contributed by atoms with Crippen molar-refractivity contribution < 1.29 is 0 Å². The van der Waals surface area contributed by atoms with Gasteiger partial charge in [0.25, 0.3) is 0 Å². The highest BCUT2D eigenvalue weighted by molar-refractivity contribution is 7.10. The van der Waals surface area contributed by atoms with Gasteiger partial charge in [-0.15, -0.1) is 11.3 Å². The largest absolute Gasteiger partial charge is 0.321 e. The molecule has 1 saturated carbocycles. The van der Waals surface area contributed by atoms with Crippen LogP contribution in [0.2, 0.25) is 0 Å². The van der Waals surface area contributed by atoms with Gasteiger partial charge in [-0.25, -0.2) is 0 Å². The summed E-state index contributed by atoms with van der Waals surface area (Å²) in [5, 5.41) is 2.27. The molecule has 0 saturated heterocycles. The fourth-order valence-electron chi connectivity index (χ4n) is 3.22. The summed E-state index contributed by atoms with van der Waals surface area (Å²) in [6.45, 7) is 9.29. The van der Waals surface area contributed by atoms with Gasteiger partial charge in [0.1, 0.15) is 0 Å². The first-order valence-corrected chi connectivity index (χ1v) is 8.04. The highest BCUT2D eigenvalue weighted by Crippen LogP contribution is 2.42. The predicted molar refractivity (Wildman–Crippen MR) is 81.0 cm³/mol. The normalized spacial score (nSPS) is 30.2. The number of aryl methyl sites for hydroxylation is 1. The lowest BCUT2D eigenvalue weighted by atomic mass is 9.76. The van der Waals surface area contributed by atoms with Crippen LogP contribution < -0.4 is 5.73 Å². The van der Waals surface area contributed by atoms with Crippen LogP contribution in [0, 0.1) is 18.3 Å². The smallest absolute Gasteiger partial charge is 0.0418 e. The van der Waals surface area contributed by atoms with Gasteiger partial charge in [0.15, 0.2) is 0 Å². The summed E-state index contributed by atoms with van der Waals surface area (Å²) in [7, 11) is 0. The molecule has 1 nitrogen and oxygen atoms in total. The number of rotatable bonds is 1. The van der Waals surface area contributed by atoms with Crippen LogP contribution in [0.1, 0.15) is 63.3 Å². The fourth-order valence-corrected chi connectivity index (χ4v) is 4.03. The number of hydrogen-bond acceptors (Lipinski definition) is 2. The minimum Gasteiger partial charge on any atom is -0.321 e. The molecular weight excluding hydrogens is 238 g/mol. The Balaban J connectivity index is 2.13. The summed E-state index contributed by atoms with van der Waals surface area (Å²) < 4.78 is 0. The van der Waals surface area contributed by atoms with Crippen LogP contribution in [-0.4, -0.2) is 0 Å². The molecule has 1 aliphatic rings. The third-order valence-corrected chi connectivity index (χ3v) is 5.51. The molecule has 2 rings (SSSR count). The Bertz CT molecular complexity index is 401. The van der Waals surface area contributed by atoms with E-state index in [4.69, 9.17) is 5.73 Å². The van der Waals surface area contributed by atoms with Crippen molar-refractivity contribution in [2.45, 2.75) is 65.3 Å². The average Bonchev–Trinajstić information content (AvgIpc) is 2.58. The van der Waals surface area contributed by atoms with Crippen molar-refractivity contribution in [1.29, 1.82) is 0 Å². The molecule has 102 valence electrons. The van der Waals surface area contributed by atoms with Gasteiger partial charge in [-0.2, -0.15) is 0 Å². The first kappa shape index (κ1) is 14.1. The molecule has 2 unspecified atom stereocenters. The van der Waals surface area contributed by atoms with Crippen molar-refractivity contribution in [2.75, 3.05) is 0 Å². The minimum absolute atomic E-state index is 0.0647. The second kappa shape index (κ2) is 4.97. The molecule has 0 aliphatic heterocycles. The van der Waals surface area contributed by atoms with Crippen molar-refractivity contribution in [1.82, 2.24) is 0 Å². The van der Waals surface area contributed by atoms with E-state index in [-0.39, 0.29) is 5.54 Å². The van der Waals surface area contributed by atoms with Crippen molar-refractivity contribution in [3.05, 3.63) is 21.9 Å². The minimum atomic E-state index is -0.0647. The molecule has 1 aromatic rings. The van der Waals surface area contributed by atoms with Crippen LogP contribution in [0.5, 0.6) is 0 Å². The fraction of sp³-hybridized carbons (Fsp3) is 0.750. The average molecular weight is 265 g/mol. The van der Waals surface area contributed by atoms with Crippen LogP contribution in [0.25, 0.3) is 0 Å². The maximum absolute atomic E-state index is 6.71. The maximum atomic E-state index is 6.71. The lowest BCUT2D eigenvalue weighted by Crippen LogP contribution is -2.35. The molecule has 0 amide bonds. The summed E-state index contributed by atoms with van der Waals surface area (Å²) in [5.74, 6) is 0.822. The van der Waals surface area contributed by atoms with Crippen LogP contribution >= 0.6 is 11.3 Å². The Morgan fingerprint density at radius 1 is 1.28 bits per heavy atom. The van der Waals surface area contributed by atoms with E-state index in [1.807, 2.05) is 11.3 Å². The number of hydrogen-bond donors (Lipinski definition) is 1. The van der Waals surface area contributed by atoms with Gasteiger partial charge in [-0.05, 0) is 60.9 Å². The third kappa shape index (κ3) is 2.97. The van der Waals surface area contributed by atoms with E-state index >= 15 is 0 Å².